The lowest BCUT2D eigenvalue weighted by Crippen LogP contribution is -2.46. The molecule has 166 valence electrons. The van der Waals surface area contributed by atoms with Crippen molar-refractivity contribution < 1.29 is 4.74 Å². The average Bonchev–Trinajstić information content (AvgIpc) is 3.22. The maximum atomic E-state index is 5.55. The summed E-state index contributed by atoms with van der Waals surface area (Å²) in [6.07, 6.45) is 2.66. The molecule has 0 radical (unpaired) electrons. The largest absolute Gasteiger partial charge is 0.379 e. The number of halogens is 1. The molecule has 1 aromatic heterocycles. The van der Waals surface area contributed by atoms with Gasteiger partial charge in [-0.05, 0) is 12.5 Å². The molecule has 0 amide bonds. The number of hydrogen-bond donors (Lipinski definition) is 2. The number of ether oxygens (including phenoxy) is 1. The van der Waals surface area contributed by atoms with Gasteiger partial charge in [0.25, 0.3) is 0 Å². The number of nitrogens with one attached hydrogen (secondary N) is 2. The minimum atomic E-state index is 0. The van der Waals surface area contributed by atoms with Crippen molar-refractivity contribution in [1.29, 1.82) is 0 Å². The summed E-state index contributed by atoms with van der Waals surface area (Å²) in [7, 11) is 1.81. The van der Waals surface area contributed by atoms with Crippen LogP contribution in [0.15, 0.2) is 35.6 Å². The highest BCUT2D eigenvalue weighted by molar-refractivity contribution is 14.0. The SMILES string of the molecule is CCc1nncn1CCNC(=NC)NCC(c1ccc(C)cc1)N1CCOCC1.I. The second-order valence-corrected chi connectivity index (χ2v) is 7.25. The lowest BCUT2D eigenvalue weighted by molar-refractivity contribution is 0.0170. The van der Waals surface area contributed by atoms with Gasteiger partial charge in [-0.15, -0.1) is 34.2 Å². The molecule has 8 nitrogen and oxygen atoms in total. The first-order chi connectivity index (χ1) is 14.2. The van der Waals surface area contributed by atoms with Gasteiger partial charge in [0, 0.05) is 46.2 Å². The second kappa shape index (κ2) is 12.9. The Hall–Kier alpha value is -1.72. The fourth-order valence-electron chi connectivity index (χ4n) is 3.58. The third-order valence-corrected chi connectivity index (χ3v) is 5.29. The van der Waals surface area contributed by atoms with E-state index in [1.807, 2.05) is 0 Å². The third-order valence-electron chi connectivity index (χ3n) is 5.29. The van der Waals surface area contributed by atoms with Crippen molar-refractivity contribution in [3.8, 4) is 0 Å². The van der Waals surface area contributed by atoms with E-state index in [1.54, 1.807) is 13.4 Å². The number of benzene rings is 1. The van der Waals surface area contributed by atoms with Crippen LogP contribution in [0, 0.1) is 6.92 Å². The van der Waals surface area contributed by atoms with Crippen molar-refractivity contribution in [2.24, 2.45) is 4.99 Å². The highest BCUT2D eigenvalue weighted by Gasteiger charge is 2.22. The number of rotatable bonds is 8. The Morgan fingerprint density at radius 1 is 1.20 bits per heavy atom. The molecule has 9 heteroatoms. The van der Waals surface area contributed by atoms with E-state index in [4.69, 9.17) is 4.74 Å². The number of morpholine rings is 1. The summed E-state index contributed by atoms with van der Waals surface area (Å²) >= 11 is 0. The fraction of sp³-hybridized carbons (Fsp3) is 0.571. The summed E-state index contributed by atoms with van der Waals surface area (Å²) < 4.78 is 7.62. The molecule has 1 aliphatic heterocycles. The van der Waals surface area contributed by atoms with Crippen molar-refractivity contribution in [1.82, 2.24) is 30.3 Å². The topological polar surface area (TPSA) is 79.6 Å². The molecule has 0 aliphatic carbocycles. The van der Waals surface area contributed by atoms with Crippen LogP contribution in [-0.2, 0) is 17.7 Å². The molecule has 0 spiro atoms. The Labute approximate surface area is 196 Å². The molecular weight excluding hydrogens is 493 g/mol. The molecule has 3 rings (SSSR count). The van der Waals surface area contributed by atoms with Gasteiger partial charge in [0.15, 0.2) is 5.96 Å². The van der Waals surface area contributed by atoms with Crippen LogP contribution in [0.3, 0.4) is 0 Å². The molecule has 1 unspecified atom stereocenters. The molecular formula is C21H34IN7O. The van der Waals surface area contributed by atoms with Gasteiger partial charge in [0.05, 0.1) is 19.3 Å². The van der Waals surface area contributed by atoms with Crippen LogP contribution in [-0.4, -0.2) is 72.1 Å². The Morgan fingerprint density at radius 2 is 1.93 bits per heavy atom. The van der Waals surface area contributed by atoms with Crippen LogP contribution in [0.25, 0.3) is 0 Å². The smallest absolute Gasteiger partial charge is 0.191 e. The summed E-state index contributed by atoms with van der Waals surface area (Å²) in [4.78, 5) is 6.87. The van der Waals surface area contributed by atoms with Crippen molar-refractivity contribution in [2.45, 2.75) is 32.9 Å². The lowest BCUT2D eigenvalue weighted by atomic mass is 10.0. The van der Waals surface area contributed by atoms with Crippen LogP contribution < -0.4 is 10.6 Å². The fourth-order valence-corrected chi connectivity index (χ4v) is 3.58. The van der Waals surface area contributed by atoms with Crippen molar-refractivity contribution in [3.63, 3.8) is 0 Å². The highest BCUT2D eigenvalue weighted by atomic mass is 127. The van der Waals surface area contributed by atoms with Crippen molar-refractivity contribution in [3.05, 3.63) is 47.5 Å². The molecule has 2 N–H and O–H groups in total. The maximum Gasteiger partial charge on any atom is 0.191 e. The van der Waals surface area contributed by atoms with Gasteiger partial charge in [-0.25, -0.2) is 0 Å². The monoisotopic (exact) mass is 527 g/mol. The van der Waals surface area contributed by atoms with Gasteiger partial charge in [-0.1, -0.05) is 36.8 Å². The first-order valence-corrected chi connectivity index (χ1v) is 10.4. The number of nitrogens with zero attached hydrogens (tertiary/aromatic N) is 5. The average molecular weight is 527 g/mol. The molecule has 1 fully saturated rings. The molecule has 0 saturated carbocycles. The second-order valence-electron chi connectivity index (χ2n) is 7.25. The van der Waals surface area contributed by atoms with Crippen molar-refractivity contribution >= 4 is 29.9 Å². The summed E-state index contributed by atoms with van der Waals surface area (Å²) in [5.74, 6) is 1.81. The molecule has 1 aromatic carbocycles. The van der Waals surface area contributed by atoms with Crippen LogP contribution in [0.1, 0.15) is 29.9 Å². The van der Waals surface area contributed by atoms with Gasteiger partial charge < -0.3 is 19.9 Å². The zero-order valence-corrected chi connectivity index (χ0v) is 20.5. The molecule has 0 bridgehead atoms. The predicted molar refractivity (Wildman–Crippen MR) is 130 cm³/mol. The predicted octanol–water partition coefficient (Wildman–Crippen LogP) is 2.01. The van der Waals surface area contributed by atoms with Gasteiger partial charge in [-0.3, -0.25) is 9.89 Å². The van der Waals surface area contributed by atoms with Gasteiger partial charge >= 0.3 is 0 Å². The van der Waals surface area contributed by atoms with E-state index in [0.717, 1.165) is 64.1 Å². The minimum absolute atomic E-state index is 0. The molecule has 1 saturated heterocycles. The molecule has 2 heterocycles. The van der Waals surface area contributed by atoms with Crippen molar-refractivity contribution in [2.75, 3.05) is 46.4 Å². The van der Waals surface area contributed by atoms with Crippen LogP contribution in [0.5, 0.6) is 0 Å². The van der Waals surface area contributed by atoms with Crippen LogP contribution in [0.2, 0.25) is 0 Å². The quantitative estimate of drug-likeness (QED) is 0.311. The molecule has 1 atom stereocenters. The van der Waals surface area contributed by atoms with Crippen LogP contribution >= 0.6 is 24.0 Å². The zero-order chi connectivity index (χ0) is 20.5. The van der Waals surface area contributed by atoms with Gasteiger partial charge in [-0.2, -0.15) is 0 Å². The minimum Gasteiger partial charge on any atom is -0.379 e. The molecule has 1 aliphatic rings. The summed E-state index contributed by atoms with van der Waals surface area (Å²) in [6, 6.07) is 9.10. The molecule has 2 aromatic rings. The normalized spacial score (nSPS) is 16.0. The highest BCUT2D eigenvalue weighted by Crippen LogP contribution is 2.21. The number of aryl methyl sites for hydroxylation is 2. The standard InChI is InChI=1S/C21H33N7O.HI/c1-4-20-26-25-16-28(20)10-9-23-21(22-3)24-15-19(27-11-13-29-14-12-27)18-7-5-17(2)6-8-18;/h5-8,16,19H,4,9-15H2,1-3H3,(H2,22,23,24);1H. The molecule has 30 heavy (non-hydrogen) atoms. The van der Waals surface area contributed by atoms with Gasteiger partial charge in [0.2, 0.25) is 0 Å². The van der Waals surface area contributed by atoms with E-state index in [1.165, 1.54) is 11.1 Å². The van der Waals surface area contributed by atoms with Crippen LogP contribution in [0.4, 0.5) is 0 Å². The Bertz CT molecular complexity index is 772. The van der Waals surface area contributed by atoms with E-state index in [9.17, 15) is 0 Å². The summed E-state index contributed by atoms with van der Waals surface area (Å²) in [6.45, 7) is 10.0. The van der Waals surface area contributed by atoms with Gasteiger partial charge in [0.1, 0.15) is 12.2 Å². The Kier molecular flexibility index (Phi) is 10.5. The number of guanidine groups is 1. The van der Waals surface area contributed by atoms with E-state index >= 15 is 0 Å². The summed E-state index contributed by atoms with van der Waals surface area (Å²) in [5, 5.41) is 15.0. The first-order valence-electron chi connectivity index (χ1n) is 10.4. The number of aliphatic imine (C=N–C) groups is 1. The van der Waals surface area contributed by atoms with E-state index < -0.39 is 0 Å². The Morgan fingerprint density at radius 3 is 2.60 bits per heavy atom. The van der Waals surface area contributed by atoms with E-state index in [2.05, 4.69) is 73.4 Å². The summed E-state index contributed by atoms with van der Waals surface area (Å²) in [5.41, 5.74) is 2.60. The van der Waals surface area contributed by atoms with E-state index in [-0.39, 0.29) is 30.0 Å². The third kappa shape index (κ3) is 6.92. The Balaban J connectivity index is 0.00000320. The zero-order valence-electron chi connectivity index (χ0n) is 18.2. The maximum absolute atomic E-state index is 5.55. The van der Waals surface area contributed by atoms with E-state index in [0.29, 0.717) is 0 Å². The lowest BCUT2D eigenvalue weighted by Gasteiger charge is -2.35. The first kappa shape index (κ1) is 24.5. The number of hydrogen-bond acceptors (Lipinski definition) is 5. The number of aromatic nitrogens is 3.